The number of carbonyl (C=O) groups excluding carboxylic acids is 2. The van der Waals surface area contributed by atoms with Crippen molar-refractivity contribution in [3.63, 3.8) is 0 Å². The van der Waals surface area contributed by atoms with Crippen LogP contribution in [0.15, 0.2) is 71.8 Å². The van der Waals surface area contributed by atoms with Crippen LogP contribution in [0.2, 0.25) is 0 Å². The molecule has 0 unspecified atom stereocenters. The molecule has 4 aliphatic rings. The third-order valence-corrected chi connectivity index (χ3v) is 7.97. The van der Waals surface area contributed by atoms with E-state index in [0.29, 0.717) is 37.6 Å². The van der Waals surface area contributed by atoms with Gasteiger partial charge in [-0.3, -0.25) is 9.59 Å². The maximum Gasteiger partial charge on any atom is 0.189 e. The van der Waals surface area contributed by atoms with E-state index in [9.17, 15) is 9.59 Å². The summed E-state index contributed by atoms with van der Waals surface area (Å²) in [6.07, 6.45) is 5.00. The Morgan fingerprint density at radius 2 is 1.08 bits per heavy atom. The largest absolute Gasteiger partial charge is 0.377 e. The van der Waals surface area contributed by atoms with E-state index in [1.165, 1.54) is 23.3 Å². The molecule has 2 aromatic rings. The number of rotatable bonds is 0. The highest BCUT2D eigenvalue weighted by molar-refractivity contribution is 6.20. The molecule has 0 saturated carbocycles. The van der Waals surface area contributed by atoms with Crippen molar-refractivity contribution in [2.75, 3.05) is 39.6 Å². The van der Waals surface area contributed by atoms with E-state index in [2.05, 4.69) is 24.3 Å². The lowest BCUT2D eigenvalue weighted by Crippen LogP contribution is -2.34. The molecule has 1 fully saturated rings. The van der Waals surface area contributed by atoms with Crippen LogP contribution in [0.1, 0.15) is 47.3 Å². The fourth-order valence-corrected chi connectivity index (χ4v) is 6.01. The van der Waals surface area contributed by atoms with Gasteiger partial charge < -0.3 is 23.7 Å². The Morgan fingerprint density at radius 3 is 1.59 bits per heavy atom. The molecular formula is C32H34O7. The first-order valence-corrected chi connectivity index (χ1v) is 13.9. The first-order chi connectivity index (χ1) is 19.2. The molecule has 0 aromatic heterocycles. The topological polar surface area (TPSA) is 80.3 Å². The number of fused-ring (bicyclic) bond motifs is 8. The van der Waals surface area contributed by atoms with Gasteiger partial charge in [0.2, 0.25) is 0 Å². The summed E-state index contributed by atoms with van der Waals surface area (Å²) >= 11 is 0. The van der Waals surface area contributed by atoms with E-state index < -0.39 is 0 Å². The first kappa shape index (κ1) is 26.3. The van der Waals surface area contributed by atoms with Crippen LogP contribution in [0.25, 0.3) is 0 Å². The van der Waals surface area contributed by atoms with Gasteiger partial charge in [-0.15, -0.1) is 0 Å². The minimum absolute atomic E-state index is 0.0493. The molecule has 0 spiro atoms. The average Bonchev–Trinajstić information content (AvgIpc) is 2.96. The summed E-state index contributed by atoms with van der Waals surface area (Å²) in [4.78, 5) is 25.9. The Kier molecular flexibility index (Phi) is 8.13. The monoisotopic (exact) mass is 530 g/mol. The van der Waals surface area contributed by atoms with Gasteiger partial charge in [0.15, 0.2) is 11.6 Å². The Morgan fingerprint density at radius 1 is 0.590 bits per heavy atom. The molecule has 3 aliphatic carbocycles. The molecule has 39 heavy (non-hydrogen) atoms. The van der Waals surface area contributed by atoms with Gasteiger partial charge in [-0.2, -0.15) is 0 Å². The number of aryl methyl sites for hydroxylation is 2. The highest BCUT2D eigenvalue weighted by Crippen LogP contribution is 2.36. The lowest BCUT2D eigenvalue weighted by molar-refractivity contribution is -0.121. The van der Waals surface area contributed by atoms with Gasteiger partial charge in [0.05, 0.1) is 51.8 Å². The summed E-state index contributed by atoms with van der Waals surface area (Å²) in [6, 6.07) is 16.5. The highest BCUT2D eigenvalue weighted by atomic mass is 16.6. The van der Waals surface area contributed by atoms with Crippen LogP contribution >= 0.6 is 0 Å². The fourth-order valence-electron chi connectivity index (χ4n) is 6.01. The third-order valence-electron chi connectivity index (χ3n) is 7.97. The number of carbonyl (C=O) groups is 2. The molecule has 4 atom stereocenters. The Labute approximate surface area is 228 Å². The van der Waals surface area contributed by atoms with Gasteiger partial charge in [-0.1, -0.05) is 48.5 Å². The number of ether oxygens (including phenoxy) is 5. The van der Waals surface area contributed by atoms with Gasteiger partial charge in [0, 0.05) is 11.1 Å². The lowest BCUT2D eigenvalue weighted by atomic mass is 9.87. The summed E-state index contributed by atoms with van der Waals surface area (Å²) in [6.45, 7) is 1.78. The zero-order chi connectivity index (χ0) is 26.6. The maximum absolute atomic E-state index is 13.4. The second kappa shape index (κ2) is 12.1. The highest BCUT2D eigenvalue weighted by Gasteiger charge is 2.34. The quantitative estimate of drug-likeness (QED) is 0.473. The van der Waals surface area contributed by atoms with Crippen LogP contribution in [0.4, 0.5) is 0 Å². The molecule has 0 radical (unpaired) electrons. The molecule has 0 amide bonds. The number of Topliss-reactive ketones (excluding diaryl/α,β-unsaturated/α-hetero) is 1. The standard InChI is InChI=1S/C32H34O7/c33-25-17-23-19-38-28-11-9-21-5-1-3-7-26(21)31(28)36-15-13-35-14-16-37-32-27-8-4-2-6-22(27)10-12-29(32)39-20-24(18-25)30(23)34/h1-8,17-18,28-29,31-32H,9-16,19-20H2/t28-,29-,31+,32+/m0/s1. The summed E-state index contributed by atoms with van der Waals surface area (Å²) in [5.74, 6) is -0.423. The molecule has 2 bridgehead atoms. The van der Waals surface area contributed by atoms with Gasteiger partial charge in [-0.05, 0) is 60.1 Å². The zero-order valence-corrected chi connectivity index (χ0v) is 22.0. The number of allylic oxidation sites excluding steroid dienone is 2. The molecule has 7 heteroatoms. The van der Waals surface area contributed by atoms with E-state index in [0.717, 1.165) is 36.8 Å². The minimum Gasteiger partial charge on any atom is -0.377 e. The van der Waals surface area contributed by atoms with Crippen LogP contribution in [-0.4, -0.2) is 63.4 Å². The molecule has 1 saturated heterocycles. The van der Waals surface area contributed by atoms with Crippen LogP contribution in [0, 0.1) is 0 Å². The van der Waals surface area contributed by atoms with E-state index in [1.807, 2.05) is 24.3 Å². The van der Waals surface area contributed by atoms with Gasteiger partial charge in [0.1, 0.15) is 12.2 Å². The summed E-state index contributed by atoms with van der Waals surface area (Å²) in [7, 11) is 0. The van der Waals surface area contributed by atoms with E-state index >= 15 is 0 Å². The molecule has 204 valence electrons. The van der Waals surface area contributed by atoms with Gasteiger partial charge in [0.25, 0.3) is 0 Å². The van der Waals surface area contributed by atoms with E-state index in [1.54, 1.807) is 0 Å². The molecule has 7 nitrogen and oxygen atoms in total. The predicted octanol–water partition coefficient (Wildman–Crippen LogP) is 4.20. The number of benzene rings is 2. The number of hydrogen-bond acceptors (Lipinski definition) is 7. The van der Waals surface area contributed by atoms with E-state index in [4.69, 9.17) is 23.7 Å². The number of ketones is 2. The Bertz CT molecular complexity index is 1190. The molecule has 1 heterocycles. The van der Waals surface area contributed by atoms with Crippen molar-refractivity contribution in [2.24, 2.45) is 0 Å². The van der Waals surface area contributed by atoms with Crippen molar-refractivity contribution in [2.45, 2.75) is 50.1 Å². The van der Waals surface area contributed by atoms with Gasteiger partial charge >= 0.3 is 0 Å². The van der Waals surface area contributed by atoms with Crippen molar-refractivity contribution in [1.29, 1.82) is 0 Å². The van der Waals surface area contributed by atoms with Crippen molar-refractivity contribution < 1.29 is 33.3 Å². The third kappa shape index (κ3) is 5.83. The summed E-state index contributed by atoms with van der Waals surface area (Å²) in [5, 5.41) is 0. The predicted molar refractivity (Wildman–Crippen MR) is 143 cm³/mol. The Hall–Kier alpha value is -2.94. The SMILES string of the molecule is O=C1C=C2CO[C@H]3CCc4ccccc4[C@H]3OCCOCCO[C@@H]3c4ccccc4CC[C@@H]3OCC(=C1)C2=O. The molecule has 2 aromatic carbocycles. The zero-order valence-electron chi connectivity index (χ0n) is 22.0. The van der Waals surface area contributed by atoms with Crippen molar-refractivity contribution >= 4 is 11.6 Å². The van der Waals surface area contributed by atoms with Gasteiger partial charge in [-0.25, -0.2) is 0 Å². The second-order valence-corrected chi connectivity index (χ2v) is 10.4. The van der Waals surface area contributed by atoms with Crippen LogP contribution < -0.4 is 0 Å². The normalized spacial score (nSPS) is 28.4. The number of hydrogen-bond donors (Lipinski definition) is 0. The maximum atomic E-state index is 13.4. The Balaban J connectivity index is 1.23. The fraction of sp³-hybridized carbons (Fsp3) is 0.438. The molecular weight excluding hydrogens is 496 g/mol. The molecule has 0 N–H and O–H groups in total. The molecule has 6 rings (SSSR count). The van der Waals surface area contributed by atoms with Crippen molar-refractivity contribution in [1.82, 2.24) is 0 Å². The van der Waals surface area contributed by atoms with Crippen LogP contribution in [0.5, 0.6) is 0 Å². The summed E-state index contributed by atoms with van der Waals surface area (Å²) < 4.78 is 31.1. The second-order valence-electron chi connectivity index (χ2n) is 10.4. The summed E-state index contributed by atoms with van der Waals surface area (Å²) in [5.41, 5.74) is 5.39. The molecule has 1 aliphatic heterocycles. The lowest BCUT2D eigenvalue weighted by Gasteiger charge is -2.34. The smallest absolute Gasteiger partial charge is 0.189 e. The van der Waals surface area contributed by atoms with Crippen LogP contribution in [0.3, 0.4) is 0 Å². The van der Waals surface area contributed by atoms with Crippen molar-refractivity contribution in [3.05, 3.63) is 94.1 Å². The minimum atomic E-state index is -0.276. The van der Waals surface area contributed by atoms with E-state index in [-0.39, 0.29) is 49.2 Å². The van der Waals surface area contributed by atoms with Crippen LogP contribution in [-0.2, 0) is 46.1 Å². The average molecular weight is 531 g/mol. The van der Waals surface area contributed by atoms with Crippen molar-refractivity contribution in [3.8, 4) is 0 Å². The first-order valence-electron chi connectivity index (χ1n) is 13.9.